The maximum atomic E-state index is 7.57. The Labute approximate surface area is 178 Å². The van der Waals surface area contributed by atoms with E-state index in [1.54, 1.807) is 17.8 Å². The first kappa shape index (κ1) is 20.5. The van der Waals surface area contributed by atoms with Crippen LogP contribution in [0.3, 0.4) is 0 Å². The minimum absolute atomic E-state index is 0.250. The van der Waals surface area contributed by atoms with Crippen molar-refractivity contribution in [1.29, 1.82) is 0 Å². The van der Waals surface area contributed by atoms with Gasteiger partial charge in [-0.2, -0.15) is 22.0 Å². The molecule has 5 rings (SSSR count). The van der Waals surface area contributed by atoms with Gasteiger partial charge < -0.3 is 10.4 Å². The first-order chi connectivity index (χ1) is 14.6. The van der Waals surface area contributed by atoms with E-state index >= 15 is 0 Å². The molecule has 0 radical (unpaired) electrons. The van der Waals surface area contributed by atoms with Crippen LogP contribution in [0.1, 0.15) is 36.9 Å². The second-order valence-corrected chi connectivity index (χ2v) is 8.42. The van der Waals surface area contributed by atoms with E-state index in [0.717, 1.165) is 46.5 Å². The number of thioether (sulfide) groups is 1. The van der Waals surface area contributed by atoms with Gasteiger partial charge in [-0.25, -0.2) is 19.5 Å². The molecule has 0 saturated carbocycles. The van der Waals surface area contributed by atoms with E-state index in [-0.39, 0.29) is 6.61 Å². The van der Waals surface area contributed by atoms with E-state index < -0.39 is 0 Å². The molecule has 0 aliphatic carbocycles. The molecule has 30 heavy (non-hydrogen) atoms. The van der Waals surface area contributed by atoms with Gasteiger partial charge in [-0.1, -0.05) is 0 Å². The number of fused-ring (bicyclic) bond motifs is 2. The van der Waals surface area contributed by atoms with E-state index in [1.807, 2.05) is 48.9 Å². The number of aliphatic hydroxyl groups excluding tert-OH is 1. The van der Waals surface area contributed by atoms with Crippen LogP contribution < -0.4 is 5.32 Å². The summed E-state index contributed by atoms with van der Waals surface area (Å²) >= 11 is 2.02. The molecule has 0 aromatic carbocycles. The van der Waals surface area contributed by atoms with Gasteiger partial charge in [0.15, 0.2) is 5.65 Å². The van der Waals surface area contributed by atoms with Crippen LogP contribution in [0, 0.1) is 6.92 Å². The van der Waals surface area contributed by atoms with E-state index in [4.69, 9.17) is 15.2 Å². The summed E-state index contributed by atoms with van der Waals surface area (Å²) in [5.41, 5.74) is 5.81. The van der Waals surface area contributed by atoms with Crippen molar-refractivity contribution in [2.45, 2.75) is 32.6 Å². The van der Waals surface area contributed by atoms with Gasteiger partial charge in [0, 0.05) is 19.6 Å². The first-order valence-electron chi connectivity index (χ1n) is 10.1. The minimum atomic E-state index is 0.250. The molecule has 0 spiro atoms. The Balaban J connectivity index is 0.000000687. The molecule has 0 amide bonds. The normalized spacial score (nSPS) is 14.7. The largest absolute Gasteiger partial charge is 0.397 e. The zero-order chi connectivity index (χ0) is 21.1. The van der Waals surface area contributed by atoms with Gasteiger partial charge in [0.05, 0.1) is 23.8 Å². The molecule has 158 valence electrons. The number of anilines is 2. The number of pyridine rings is 1. The molecular weight excluding hydrogens is 400 g/mol. The Morgan fingerprint density at radius 2 is 2.03 bits per heavy atom. The summed E-state index contributed by atoms with van der Waals surface area (Å²) in [6, 6.07) is 1.99. The van der Waals surface area contributed by atoms with Crippen LogP contribution in [0.25, 0.3) is 16.7 Å². The van der Waals surface area contributed by atoms with Gasteiger partial charge in [0.1, 0.15) is 17.4 Å². The number of nitrogens with zero attached hydrogens (tertiary/aromatic N) is 7. The molecule has 4 aromatic rings. The van der Waals surface area contributed by atoms with Crippen LogP contribution in [-0.4, -0.2) is 57.6 Å². The zero-order valence-electron chi connectivity index (χ0n) is 17.4. The predicted octanol–water partition coefficient (Wildman–Crippen LogP) is 3.07. The summed E-state index contributed by atoms with van der Waals surface area (Å²) in [5, 5.41) is 19.9. The number of hydrogen-bond donors (Lipinski definition) is 2. The number of rotatable bonds is 3. The second kappa shape index (κ2) is 8.97. The van der Waals surface area contributed by atoms with Crippen LogP contribution in [0.5, 0.6) is 0 Å². The van der Waals surface area contributed by atoms with Crippen molar-refractivity contribution in [3.8, 4) is 0 Å². The average molecular weight is 427 g/mol. The molecule has 4 aromatic heterocycles. The molecule has 0 unspecified atom stereocenters. The molecule has 2 N–H and O–H groups in total. The molecule has 10 heteroatoms. The van der Waals surface area contributed by atoms with Crippen LogP contribution >= 0.6 is 11.8 Å². The van der Waals surface area contributed by atoms with Gasteiger partial charge in [-0.3, -0.25) is 4.68 Å². The Kier molecular flexibility index (Phi) is 6.14. The number of aliphatic hydroxyl groups is 1. The average Bonchev–Trinajstić information content (AvgIpc) is 3.33. The van der Waals surface area contributed by atoms with Crippen LogP contribution in [-0.2, 0) is 7.05 Å². The van der Waals surface area contributed by atoms with Crippen molar-refractivity contribution in [3.05, 3.63) is 36.0 Å². The molecular formula is C20H26N8OS. The van der Waals surface area contributed by atoms with E-state index in [0.29, 0.717) is 11.9 Å². The highest BCUT2D eigenvalue weighted by Crippen LogP contribution is 2.34. The lowest BCUT2D eigenvalue weighted by Crippen LogP contribution is -2.09. The van der Waals surface area contributed by atoms with Crippen molar-refractivity contribution in [2.24, 2.45) is 7.05 Å². The van der Waals surface area contributed by atoms with Gasteiger partial charge in [0.25, 0.3) is 0 Å². The summed E-state index contributed by atoms with van der Waals surface area (Å²) in [6.07, 6.45) is 7.62. The van der Waals surface area contributed by atoms with Crippen molar-refractivity contribution in [3.63, 3.8) is 0 Å². The SMILES string of the molecule is CCO.Cc1cc2ncnn2cc1Nc1ncc2c(n1)c(C1CCSCC1)nn2C. The van der Waals surface area contributed by atoms with Crippen LogP contribution in [0.4, 0.5) is 11.6 Å². The zero-order valence-corrected chi connectivity index (χ0v) is 18.2. The number of aryl methyl sites for hydroxylation is 2. The van der Waals surface area contributed by atoms with E-state index in [2.05, 4.69) is 20.4 Å². The molecule has 1 saturated heterocycles. The Bertz CT molecular complexity index is 1150. The number of aromatic nitrogens is 7. The highest BCUT2D eigenvalue weighted by atomic mass is 32.2. The van der Waals surface area contributed by atoms with Crippen LogP contribution in [0.2, 0.25) is 0 Å². The topological polar surface area (TPSA) is 106 Å². The fourth-order valence-electron chi connectivity index (χ4n) is 3.58. The Morgan fingerprint density at radius 1 is 1.27 bits per heavy atom. The summed E-state index contributed by atoms with van der Waals surface area (Å²) < 4.78 is 3.63. The molecule has 0 bridgehead atoms. The summed E-state index contributed by atoms with van der Waals surface area (Å²) in [4.78, 5) is 13.5. The van der Waals surface area contributed by atoms with Gasteiger partial charge in [-0.15, -0.1) is 0 Å². The molecule has 1 fully saturated rings. The van der Waals surface area contributed by atoms with Gasteiger partial charge in [-0.05, 0) is 49.8 Å². The van der Waals surface area contributed by atoms with Gasteiger partial charge in [0.2, 0.25) is 5.95 Å². The maximum absolute atomic E-state index is 7.57. The standard InChI is InChI=1S/C18H20N8S.C2H6O/c1-11-7-15-20-10-21-26(15)9-13(11)22-18-19-8-14-17(23-18)16(24-25(14)2)12-3-5-27-6-4-12;1-2-3/h7-10,12H,3-6H2,1-2H3,(H,19,22,23);3H,2H2,1H3. The van der Waals surface area contributed by atoms with Gasteiger partial charge >= 0.3 is 0 Å². The molecule has 1 aliphatic rings. The second-order valence-electron chi connectivity index (χ2n) is 7.20. The lowest BCUT2D eigenvalue weighted by Gasteiger charge is -2.19. The highest BCUT2D eigenvalue weighted by molar-refractivity contribution is 7.99. The summed E-state index contributed by atoms with van der Waals surface area (Å²) in [6.45, 7) is 3.96. The Hall–Kier alpha value is -2.72. The minimum Gasteiger partial charge on any atom is -0.397 e. The fraction of sp³-hybridized carbons (Fsp3) is 0.450. The van der Waals surface area contributed by atoms with E-state index in [1.165, 1.54) is 11.5 Å². The smallest absolute Gasteiger partial charge is 0.227 e. The third kappa shape index (κ3) is 4.10. The first-order valence-corrected chi connectivity index (χ1v) is 11.2. The number of hydrogen-bond acceptors (Lipinski definition) is 8. The van der Waals surface area contributed by atoms with Crippen molar-refractivity contribution in [1.82, 2.24) is 34.3 Å². The third-order valence-electron chi connectivity index (χ3n) is 5.10. The van der Waals surface area contributed by atoms with Crippen molar-refractivity contribution >= 4 is 40.1 Å². The lowest BCUT2D eigenvalue weighted by molar-refractivity contribution is 0.318. The number of nitrogens with one attached hydrogen (secondary N) is 1. The highest BCUT2D eigenvalue weighted by Gasteiger charge is 2.23. The van der Waals surface area contributed by atoms with E-state index in [9.17, 15) is 0 Å². The molecule has 5 heterocycles. The molecule has 0 atom stereocenters. The summed E-state index contributed by atoms with van der Waals surface area (Å²) in [5.74, 6) is 3.43. The molecule has 1 aliphatic heterocycles. The fourth-order valence-corrected chi connectivity index (χ4v) is 4.68. The quantitative estimate of drug-likeness (QED) is 0.515. The predicted molar refractivity (Wildman–Crippen MR) is 119 cm³/mol. The van der Waals surface area contributed by atoms with Crippen molar-refractivity contribution in [2.75, 3.05) is 23.4 Å². The van der Waals surface area contributed by atoms with Crippen molar-refractivity contribution < 1.29 is 5.11 Å². The monoisotopic (exact) mass is 426 g/mol. The molecule has 9 nitrogen and oxygen atoms in total. The Morgan fingerprint density at radius 3 is 2.80 bits per heavy atom. The summed E-state index contributed by atoms with van der Waals surface area (Å²) in [7, 11) is 1.96. The lowest BCUT2D eigenvalue weighted by atomic mass is 9.98. The van der Waals surface area contributed by atoms with Crippen LogP contribution in [0.15, 0.2) is 24.8 Å². The third-order valence-corrected chi connectivity index (χ3v) is 6.14. The maximum Gasteiger partial charge on any atom is 0.227 e.